The van der Waals surface area contributed by atoms with Gasteiger partial charge in [0.2, 0.25) is 47.3 Å². The zero-order valence-electron chi connectivity index (χ0n) is 39.9. The van der Waals surface area contributed by atoms with Crippen molar-refractivity contribution in [3.63, 3.8) is 0 Å². The molecule has 1 aromatic carbocycles. The molecule has 14 N–H and O–H groups in total. The number of carboxylic acid groups (broad SMARTS) is 1. The summed E-state index contributed by atoms with van der Waals surface area (Å²) in [6.45, 7) is 5.29. The van der Waals surface area contributed by atoms with Crippen molar-refractivity contribution >= 4 is 59.1 Å². The molecule has 0 bridgehead atoms. The van der Waals surface area contributed by atoms with Crippen LogP contribution >= 0.6 is 0 Å². The van der Waals surface area contributed by atoms with E-state index < -0.39 is 108 Å². The molecule has 0 fully saturated rings. The highest BCUT2D eigenvalue weighted by Crippen LogP contribution is 2.21. The number of primary amides is 1. The number of hydrazine groups is 1. The number of amides is 9. The number of benzene rings is 1. The van der Waals surface area contributed by atoms with Crippen molar-refractivity contribution in [2.75, 3.05) is 13.1 Å². The maximum atomic E-state index is 14.6. The summed E-state index contributed by atoms with van der Waals surface area (Å²) < 4.78 is 0. The van der Waals surface area contributed by atoms with Gasteiger partial charge in [0, 0.05) is 56.3 Å². The van der Waals surface area contributed by atoms with E-state index in [-0.39, 0.29) is 55.8 Å². The predicted molar refractivity (Wildman–Crippen MR) is 255 cm³/mol. The highest BCUT2D eigenvalue weighted by Gasteiger charge is 2.36. The minimum Gasteiger partial charge on any atom is -0.481 e. The molecule has 3 rings (SSSR count). The van der Waals surface area contributed by atoms with Crippen molar-refractivity contribution in [1.82, 2.24) is 47.3 Å². The standard InChI is InChI=1S/C47H68N12O11/c1-4-28(2)40(52-29(3)60)47(70)55-35(17-19-39(62)63)44(67)54-34(15-9-11-23-49)43(66)56-36(26-30-12-6-5-7-13-30)45(68)57-37(46(69)53-33(41(50)64)14-8-10-22-48)27-32-16-18-38(61)59(32)58-42(65)31-20-24-51-25-21-31/h5-7,12-13,16,20-21,24-25,28,33-37,40H,4,8-11,14-15,17-19,22-23,26-27,48-49H2,1-3H3,(H2,50,64)(H,52,60)(H,53,69)(H,54,67)(H,55,70)(H,56,66)(H,57,68)(H,58,65)(H,62,63)/t28-,33-,34-,35-,36-,37-,40-/m0/s1. The number of aromatic nitrogens is 1. The molecule has 0 aliphatic carbocycles. The van der Waals surface area contributed by atoms with Gasteiger partial charge in [-0.2, -0.15) is 0 Å². The Bertz CT molecular complexity index is 2160. The number of unbranched alkanes of at least 4 members (excludes halogenated alkanes) is 2. The molecule has 0 unspecified atom stereocenters. The maximum absolute atomic E-state index is 14.6. The van der Waals surface area contributed by atoms with Crippen molar-refractivity contribution in [1.29, 1.82) is 0 Å². The van der Waals surface area contributed by atoms with Gasteiger partial charge >= 0.3 is 5.97 Å². The number of rotatable bonds is 31. The first-order valence-corrected chi connectivity index (χ1v) is 23.4. The Morgan fingerprint density at radius 1 is 0.686 bits per heavy atom. The first-order valence-electron chi connectivity index (χ1n) is 23.4. The number of carbonyl (C=O) groups excluding carboxylic acids is 9. The monoisotopic (exact) mass is 977 g/mol. The smallest absolute Gasteiger partial charge is 0.303 e. The number of hydrogen-bond acceptors (Lipinski definition) is 13. The van der Waals surface area contributed by atoms with Gasteiger partial charge in [-0.05, 0) is 81.6 Å². The second-order valence-corrected chi connectivity index (χ2v) is 17.0. The Morgan fingerprint density at radius 3 is 1.74 bits per heavy atom. The molecule has 7 atom stereocenters. The van der Waals surface area contributed by atoms with Gasteiger partial charge in [-0.15, -0.1) is 0 Å². The van der Waals surface area contributed by atoms with Crippen LogP contribution < -0.4 is 54.5 Å². The van der Waals surface area contributed by atoms with Crippen molar-refractivity contribution in [2.24, 2.45) is 23.1 Å². The van der Waals surface area contributed by atoms with Crippen LogP contribution in [0.25, 0.3) is 0 Å². The van der Waals surface area contributed by atoms with Crippen LogP contribution in [0.3, 0.4) is 0 Å². The van der Waals surface area contributed by atoms with Crippen LogP contribution in [-0.4, -0.2) is 124 Å². The van der Waals surface area contributed by atoms with Gasteiger partial charge in [-0.25, -0.2) is 5.01 Å². The van der Waals surface area contributed by atoms with Gasteiger partial charge in [0.1, 0.15) is 36.3 Å². The Labute approximate surface area is 406 Å². The van der Waals surface area contributed by atoms with E-state index in [9.17, 15) is 53.1 Å². The van der Waals surface area contributed by atoms with Gasteiger partial charge in [0.15, 0.2) is 0 Å². The molecule has 0 spiro atoms. The second-order valence-electron chi connectivity index (χ2n) is 17.0. The topological polar surface area (TPSA) is 369 Å². The SMILES string of the molecule is CC[C@H](C)[C@H](NC(C)=O)C(=O)N[C@@H](CCC(=O)O)C(=O)N[C@@H](CCCCN)C(=O)N[C@@H](Cc1ccccc1)C(=O)N[C@@H](CC1=CCC(=O)N1NC(=O)c1ccncc1)C(=O)N[C@@H](CCCCN)C(N)=O. The van der Waals surface area contributed by atoms with E-state index in [1.54, 1.807) is 44.2 Å². The number of carboxylic acids is 1. The Kier molecular flexibility index (Phi) is 24.1. The second kappa shape index (κ2) is 29.6. The summed E-state index contributed by atoms with van der Waals surface area (Å²) >= 11 is 0. The van der Waals surface area contributed by atoms with E-state index >= 15 is 0 Å². The van der Waals surface area contributed by atoms with Crippen LogP contribution in [0.15, 0.2) is 66.6 Å². The summed E-state index contributed by atoms with van der Waals surface area (Å²) in [7, 11) is 0. The lowest BCUT2D eigenvalue weighted by molar-refractivity contribution is -0.138. The molecule has 23 nitrogen and oxygen atoms in total. The third-order valence-electron chi connectivity index (χ3n) is 11.5. The lowest BCUT2D eigenvalue weighted by Gasteiger charge is -2.29. The highest BCUT2D eigenvalue weighted by molar-refractivity contribution is 5.98. The minimum absolute atomic E-state index is 0.0116. The van der Waals surface area contributed by atoms with Gasteiger partial charge in [-0.3, -0.25) is 58.4 Å². The average molecular weight is 977 g/mol. The number of hydrogen-bond donors (Lipinski definition) is 11. The van der Waals surface area contributed by atoms with E-state index in [4.69, 9.17) is 17.2 Å². The minimum atomic E-state index is -1.55. The van der Waals surface area contributed by atoms with E-state index in [0.717, 1.165) is 5.01 Å². The van der Waals surface area contributed by atoms with Crippen LogP contribution in [0.1, 0.15) is 107 Å². The van der Waals surface area contributed by atoms with Crippen LogP contribution in [-0.2, 0) is 49.6 Å². The number of nitrogens with two attached hydrogens (primary N) is 3. The van der Waals surface area contributed by atoms with E-state index in [1.807, 2.05) is 0 Å². The van der Waals surface area contributed by atoms with Crippen molar-refractivity contribution in [3.05, 3.63) is 77.8 Å². The van der Waals surface area contributed by atoms with Gasteiger partial charge in [-0.1, -0.05) is 56.7 Å². The van der Waals surface area contributed by atoms with Crippen LogP contribution in [0, 0.1) is 5.92 Å². The van der Waals surface area contributed by atoms with Crippen molar-refractivity contribution < 1.29 is 53.1 Å². The number of aliphatic carboxylic acids is 1. The van der Waals surface area contributed by atoms with E-state index in [1.165, 1.54) is 37.5 Å². The zero-order chi connectivity index (χ0) is 51.8. The summed E-state index contributed by atoms with van der Waals surface area (Å²) in [6, 6.07) is 3.29. The molecule has 2 aromatic rings. The Morgan fingerprint density at radius 2 is 1.20 bits per heavy atom. The summed E-state index contributed by atoms with van der Waals surface area (Å²) in [6.07, 6.45) is 4.85. The molecule has 9 amide bonds. The Hall–Kier alpha value is -7.27. The van der Waals surface area contributed by atoms with Crippen LogP contribution in [0.5, 0.6) is 0 Å². The molecule has 1 aliphatic heterocycles. The predicted octanol–water partition coefficient (Wildman–Crippen LogP) is -0.942. The molecule has 1 aliphatic rings. The molecule has 0 saturated heterocycles. The molecule has 1 aromatic heterocycles. The largest absolute Gasteiger partial charge is 0.481 e. The fourth-order valence-electron chi connectivity index (χ4n) is 7.35. The molecular weight excluding hydrogens is 909 g/mol. The Balaban J connectivity index is 2.00. The van der Waals surface area contributed by atoms with Crippen molar-refractivity contribution in [2.45, 2.75) is 134 Å². The van der Waals surface area contributed by atoms with Gasteiger partial charge < -0.3 is 54.2 Å². The van der Waals surface area contributed by atoms with Crippen molar-refractivity contribution in [3.8, 4) is 0 Å². The number of pyridine rings is 1. The fraction of sp³-hybridized carbons (Fsp3) is 0.511. The zero-order valence-corrected chi connectivity index (χ0v) is 39.9. The molecule has 0 saturated carbocycles. The summed E-state index contributed by atoms with van der Waals surface area (Å²) in [4.78, 5) is 137. The first-order chi connectivity index (χ1) is 33.4. The van der Waals surface area contributed by atoms with Crippen LogP contribution in [0.2, 0.25) is 0 Å². The van der Waals surface area contributed by atoms with Gasteiger partial charge in [0.25, 0.3) is 5.91 Å². The number of nitrogens with zero attached hydrogens (tertiary/aromatic N) is 2. The van der Waals surface area contributed by atoms with E-state index in [0.29, 0.717) is 44.2 Å². The summed E-state index contributed by atoms with van der Waals surface area (Å²) in [5, 5.41) is 26.1. The third kappa shape index (κ3) is 19.0. The summed E-state index contributed by atoms with van der Waals surface area (Å²) in [5.74, 6) is -8.52. The lowest BCUT2D eigenvalue weighted by Crippen LogP contribution is -2.60. The lowest BCUT2D eigenvalue weighted by atomic mass is 9.97. The molecule has 382 valence electrons. The normalized spacial score (nSPS) is 15.1. The summed E-state index contributed by atoms with van der Waals surface area (Å²) in [5.41, 5.74) is 20.4. The molecule has 23 heteroatoms. The van der Waals surface area contributed by atoms with Gasteiger partial charge in [0.05, 0.1) is 0 Å². The molecular formula is C47H68N12O11. The fourth-order valence-corrected chi connectivity index (χ4v) is 7.35. The quantitative estimate of drug-likeness (QED) is 0.0407. The molecule has 2 heterocycles. The average Bonchev–Trinajstić information content (AvgIpc) is 3.67. The number of carbonyl (C=O) groups is 10. The number of nitrogens with one attached hydrogen (secondary N) is 7. The highest BCUT2D eigenvalue weighted by atomic mass is 16.4. The third-order valence-corrected chi connectivity index (χ3v) is 11.5. The molecule has 0 radical (unpaired) electrons. The van der Waals surface area contributed by atoms with Crippen LogP contribution in [0.4, 0.5) is 0 Å². The molecule has 70 heavy (non-hydrogen) atoms. The maximum Gasteiger partial charge on any atom is 0.303 e. The first kappa shape index (κ1) is 57.1. The van der Waals surface area contributed by atoms with E-state index in [2.05, 4.69) is 42.3 Å².